The van der Waals surface area contributed by atoms with Crippen molar-refractivity contribution in [2.75, 3.05) is 13.2 Å². The Balaban J connectivity index is 1.27. The standard InChI is InChI=1S/C26H20N2O2/c29-26(23-15-13-21(14-16-23)20-8-2-1-3-9-20)28-17-4-5-19-30-24-12-6-10-22-11-7-18-27-25(22)24/h1-3,6-16,18H,17,19H2,(H,28,29). The van der Waals surface area contributed by atoms with Crippen molar-refractivity contribution in [3.63, 3.8) is 0 Å². The molecule has 1 N–H and O–H groups in total. The van der Waals surface area contributed by atoms with Gasteiger partial charge in [0.15, 0.2) is 0 Å². The summed E-state index contributed by atoms with van der Waals surface area (Å²) in [5.74, 6) is 6.38. The molecule has 0 aliphatic carbocycles. The number of amides is 1. The highest BCUT2D eigenvalue weighted by molar-refractivity contribution is 5.94. The van der Waals surface area contributed by atoms with E-state index < -0.39 is 0 Å². The predicted octanol–water partition coefficient (Wildman–Crippen LogP) is 4.71. The lowest BCUT2D eigenvalue weighted by Gasteiger charge is -2.05. The summed E-state index contributed by atoms with van der Waals surface area (Å²) in [5.41, 5.74) is 3.62. The number of hydrogen-bond acceptors (Lipinski definition) is 3. The van der Waals surface area contributed by atoms with Crippen LogP contribution in [0.4, 0.5) is 0 Å². The van der Waals surface area contributed by atoms with Gasteiger partial charge in [-0.25, -0.2) is 0 Å². The molecule has 4 aromatic rings. The van der Waals surface area contributed by atoms with Gasteiger partial charge in [-0.3, -0.25) is 9.78 Å². The number of rotatable bonds is 5. The maximum Gasteiger partial charge on any atom is 0.252 e. The highest BCUT2D eigenvalue weighted by Crippen LogP contribution is 2.22. The van der Waals surface area contributed by atoms with Crippen molar-refractivity contribution in [2.24, 2.45) is 0 Å². The molecule has 0 aliphatic heterocycles. The normalized spacial score (nSPS) is 10.1. The Bertz CT molecular complexity index is 1200. The van der Waals surface area contributed by atoms with Crippen molar-refractivity contribution in [2.45, 2.75) is 0 Å². The van der Waals surface area contributed by atoms with Gasteiger partial charge in [0, 0.05) is 17.1 Å². The zero-order chi connectivity index (χ0) is 20.6. The molecule has 4 nitrogen and oxygen atoms in total. The molecule has 146 valence electrons. The number of carbonyl (C=O) groups is 1. The van der Waals surface area contributed by atoms with Crippen LogP contribution in [-0.4, -0.2) is 24.0 Å². The Kier molecular flexibility index (Phi) is 6.02. The second-order valence-corrected chi connectivity index (χ2v) is 6.60. The first kappa shape index (κ1) is 19.2. The van der Waals surface area contributed by atoms with Crippen LogP contribution in [0, 0.1) is 11.8 Å². The molecule has 30 heavy (non-hydrogen) atoms. The number of ether oxygens (including phenoxy) is 1. The third-order valence-corrected chi connectivity index (χ3v) is 4.61. The van der Waals surface area contributed by atoms with Gasteiger partial charge in [0.25, 0.3) is 5.91 Å². The molecule has 1 heterocycles. The van der Waals surface area contributed by atoms with E-state index in [-0.39, 0.29) is 19.1 Å². The number of hydrogen-bond donors (Lipinski definition) is 1. The van der Waals surface area contributed by atoms with E-state index in [1.165, 1.54) is 0 Å². The first-order valence-electron chi connectivity index (χ1n) is 9.67. The van der Waals surface area contributed by atoms with Gasteiger partial charge >= 0.3 is 0 Å². The fourth-order valence-corrected chi connectivity index (χ4v) is 3.09. The van der Waals surface area contributed by atoms with Crippen LogP contribution in [0.1, 0.15) is 10.4 Å². The van der Waals surface area contributed by atoms with Crippen LogP contribution >= 0.6 is 0 Å². The molecule has 3 aromatic carbocycles. The Morgan fingerprint density at radius 2 is 1.60 bits per heavy atom. The van der Waals surface area contributed by atoms with Gasteiger partial charge in [-0.15, -0.1) is 0 Å². The van der Waals surface area contributed by atoms with Gasteiger partial charge in [0.1, 0.15) is 17.9 Å². The Morgan fingerprint density at radius 1 is 0.833 bits per heavy atom. The largest absolute Gasteiger partial charge is 0.479 e. The number of aromatic nitrogens is 1. The quantitative estimate of drug-likeness (QED) is 0.500. The molecule has 0 bridgehead atoms. The summed E-state index contributed by atoms with van der Waals surface area (Å²) in [6.07, 6.45) is 1.74. The van der Waals surface area contributed by atoms with Crippen LogP contribution in [-0.2, 0) is 0 Å². The molecular weight excluding hydrogens is 372 g/mol. The summed E-state index contributed by atoms with van der Waals surface area (Å²) < 4.78 is 5.72. The molecule has 4 rings (SSSR count). The fraction of sp³-hybridized carbons (Fsp3) is 0.0769. The second-order valence-electron chi connectivity index (χ2n) is 6.60. The number of nitrogens with one attached hydrogen (secondary N) is 1. The minimum absolute atomic E-state index is 0.150. The topological polar surface area (TPSA) is 51.2 Å². The van der Waals surface area contributed by atoms with E-state index >= 15 is 0 Å². The highest BCUT2D eigenvalue weighted by atomic mass is 16.5. The lowest BCUT2D eigenvalue weighted by Crippen LogP contribution is -2.23. The SMILES string of the molecule is O=C(NCC#CCOc1cccc2cccnc12)c1ccc(-c2ccccc2)cc1. The molecule has 0 saturated heterocycles. The van der Waals surface area contributed by atoms with E-state index in [4.69, 9.17) is 4.74 Å². The average Bonchev–Trinajstić information content (AvgIpc) is 2.82. The zero-order valence-electron chi connectivity index (χ0n) is 16.3. The minimum atomic E-state index is -0.150. The number of benzene rings is 3. The van der Waals surface area contributed by atoms with E-state index in [1.807, 2.05) is 84.9 Å². The second kappa shape index (κ2) is 9.40. The van der Waals surface area contributed by atoms with Gasteiger partial charge in [-0.05, 0) is 35.4 Å². The Hall–Kier alpha value is -4.10. The van der Waals surface area contributed by atoms with Gasteiger partial charge < -0.3 is 10.1 Å². The van der Waals surface area contributed by atoms with Crippen molar-refractivity contribution in [3.05, 3.63) is 96.7 Å². The first-order valence-corrected chi connectivity index (χ1v) is 9.67. The molecule has 0 radical (unpaired) electrons. The van der Waals surface area contributed by atoms with Crippen LogP contribution < -0.4 is 10.1 Å². The monoisotopic (exact) mass is 392 g/mol. The average molecular weight is 392 g/mol. The van der Waals surface area contributed by atoms with Gasteiger partial charge in [-0.1, -0.05) is 72.5 Å². The number of carbonyl (C=O) groups excluding carboxylic acids is 1. The molecule has 0 saturated carbocycles. The van der Waals surface area contributed by atoms with E-state index in [9.17, 15) is 4.79 Å². The maximum absolute atomic E-state index is 12.3. The smallest absolute Gasteiger partial charge is 0.252 e. The molecular formula is C26H20N2O2. The van der Waals surface area contributed by atoms with Gasteiger partial charge in [0.05, 0.1) is 6.54 Å². The summed E-state index contributed by atoms with van der Waals surface area (Å²) >= 11 is 0. The highest BCUT2D eigenvalue weighted by Gasteiger charge is 2.05. The van der Waals surface area contributed by atoms with Crippen molar-refractivity contribution in [1.29, 1.82) is 0 Å². The summed E-state index contributed by atoms with van der Waals surface area (Å²) in [5, 5.41) is 3.83. The molecule has 1 aromatic heterocycles. The van der Waals surface area contributed by atoms with Crippen LogP contribution in [0.25, 0.3) is 22.0 Å². The van der Waals surface area contributed by atoms with Crippen molar-refractivity contribution < 1.29 is 9.53 Å². The molecule has 0 unspecified atom stereocenters. The summed E-state index contributed by atoms with van der Waals surface area (Å²) in [6.45, 7) is 0.494. The molecule has 0 fully saturated rings. The van der Waals surface area contributed by atoms with E-state index in [2.05, 4.69) is 22.1 Å². The number of nitrogens with zero attached hydrogens (tertiary/aromatic N) is 1. The Labute approximate surface area is 175 Å². The molecule has 1 amide bonds. The fourth-order valence-electron chi connectivity index (χ4n) is 3.09. The van der Waals surface area contributed by atoms with Crippen molar-refractivity contribution in [3.8, 4) is 28.7 Å². The molecule has 0 aliphatic rings. The summed E-state index contributed by atoms with van der Waals surface area (Å²) in [4.78, 5) is 16.6. The van der Waals surface area contributed by atoms with Gasteiger partial charge in [-0.2, -0.15) is 0 Å². The van der Waals surface area contributed by atoms with Crippen LogP contribution in [0.5, 0.6) is 5.75 Å². The predicted molar refractivity (Wildman–Crippen MR) is 119 cm³/mol. The van der Waals surface area contributed by atoms with Gasteiger partial charge in [0.2, 0.25) is 0 Å². The number of fused-ring (bicyclic) bond motifs is 1. The summed E-state index contributed by atoms with van der Waals surface area (Å²) in [6, 6.07) is 27.3. The van der Waals surface area contributed by atoms with Crippen LogP contribution in [0.15, 0.2) is 91.1 Å². The third-order valence-electron chi connectivity index (χ3n) is 4.61. The lowest BCUT2D eigenvalue weighted by molar-refractivity contribution is 0.0958. The maximum atomic E-state index is 12.3. The third kappa shape index (κ3) is 4.65. The Morgan fingerprint density at radius 3 is 2.43 bits per heavy atom. The molecule has 4 heteroatoms. The van der Waals surface area contributed by atoms with E-state index in [1.54, 1.807) is 6.20 Å². The van der Waals surface area contributed by atoms with E-state index in [0.717, 1.165) is 22.0 Å². The van der Waals surface area contributed by atoms with Crippen molar-refractivity contribution >= 4 is 16.8 Å². The number of pyridine rings is 1. The van der Waals surface area contributed by atoms with E-state index in [0.29, 0.717) is 11.3 Å². The zero-order valence-corrected chi connectivity index (χ0v) is 16.3. The first-order chi connectivity index (χ1) is 14.8. The number of para-hydroxylation sites is 1. The minimum Gasteiger partial charge on any atom is -0.479 e. The molecule has 0 atom stereocenters. The van der Waals surface area contributed by atoms with Crippen LogP contribution in [0.2, 0.25) is 0 Å². The summed E-state index contributed by atoms with van der Waals surface area (Å²) in [7, 11) is 0. The van der Waals surface area contributed by atoms with Crippen LogP contribution in [0.3, 0.4) is 0 Å². The van der Waals surface area contributed by atoms with Crippen molar-refractivity contribution in [1.82, 2.24) is 10.3 Å². The lowest BCUT2D eigenvalue weighted by atomic mass is 10.0. The molecule has 0 spiro atoms.